The molecule has 0 saturated heterocycles. The van der Waals surface area contributed by atoms with E-state index in [4.69, 9.17) is 23.2 Å². The molecule has 0 bridgehead atoms. The molecule has 0 saturated carbocycles. The van der Waals surface area contributed by atoms with E-state index in [1.165, 1.54) is 23.1 Å². The zero-order valence-corrected chi connectivity index (χ0v) is 23.7. The minimum atomic E-state index is -4.72. The van der Waals surface area contributed by atoms with Gasteiger partial charge in [-0.15, -0.1) is 0 Å². The molecule has 0 unspecified atom stereocenters. The molecule has 0 aliphatic heterocycles. The quantitative estimate of drug-likeness (QED) is 0.371. The van der Waals surface area contributed by atoms with Crippen molar-refractivity contribution in [1.29, 1.82) is 0 Å². The predicted octanol–water partition coefficient (Wildman–Crippen LogP) is 5.50. The van der Waals surface area contributed by atoms with E-state index in [-0.39, 0.29) is 34.7 Å². The Bertz CT molecular complexity index is 1260. The molecule has 0 spiro atoms. The van der Waals surface area contributed by atoms with Crippen LogP contribution in [0, 0.1) is 0 Å². The van der Waals surface area contributed by atoms with Crippen molar-refractivity contribution in [3.63, 3.8) is 0 Å². The summed E-state index contributed by atoms with van der Waals surface area (Å²) in [7, 11) is -4.19. The highest BCUT2D eigenvalue weighted by Crippen LogP contribution is 2.32. The first-order valence-electron chi connectivity index (χ1n) is 11.8. The summed E-state index contributed by atoms with van der Waals surface area (Å²) in [6.07, 6.45) is -3.10. The van der Waals surface area contributed by atoms with E-state index in [1.54, 1.807) is 19.9 Å². The van der Waals surface area contributed by atoms with Crippen molar-refractivity contribution in [1.82, 2.24) is 10.2 Å². The van der Waals surface area contributed by atoms with Gasteiger partial charge in [-0.05, 0) is 55.7 Å². The summed E-state index contributed by atoms with van der Waals surface area (Å²) < 4.78 is 65.7. The maximum absolute atomic E-state index is 13.6. The Kier molecular flexibility index (Phi) is 10.9. The maximum Gasteiger partial charge on any atom is 0.416 e. The molecule has 1 N–H and O–H groups in total. The molecule has 7 nitrogen and oxygen atoms in total. The van der Waals surface area contributed by atoms with Crippen molar-refractivity contribution >= 4 is 50.7 Å². The van der Waals surface area contributed by atoms with E-state index in [2.05, 4.69) is 5.32 Å². The molecular formula is C25H30Cl2F3N3O4S. The van der Waals surface area contributed by atoms with Crippen LogP contribution in [0.1, 0.15) is 44.7 Å². The smallest absolute Gasteiger partial charge is 0.352 e. The third-order valence-electron chi connectivity index (χ3n) is 5.86. The van der Waals surface area contributed by atoms with Crippen LogP contribution in [0.25, 0.3) is 0 Å². The fourth-order valence-corrected chi connectivity index (χ4v) is 4.81. The van der Waals surface area contributed by atoms with E-state index in [9.17, 15) is 31.2 Å². The van der Waals surface area contributed by atoms with Crippen LogP contribution >= 0.6 is 23.2 Å². The second-order valence-corrected chi connectivity index (χ2v) is 11.6. The van der Waals surface area contributed by atoms with Crippen LogP contribution in [0.15, 0.2) is 42.5 Å². The third kappa shape index (κ3) is 8.51. The Morgan fingerprint density at radius 3 is 2.21 bits per heavy atom. The molecule has 13 heteroatoms. The molecule has 0 radical (unpaired) electrons. The van der Waals surface area contributed by atoms with Gasteiger partial charge in [-0.1, -0.05) is 49.2 Å². The lowest BCUT2D eigenvalue weighted by Gasteiger charge is -2.33. The lowest BCUT2D eigenvalue weighted by Crippen LogP contribution is -2.53. The molecule has 0 aromatic heterocycles. The Morgan fingerprint density at radius 2 is 1.68 bits per heavy atom. The Morgan fingerprint density at radius 1 is 1.03 bits per heavy atom. The van der Waals surface area contributed by atoms with Gasteiger partial charge in [-0.3, -0.25) is 13.9 Å². The molecule has 210 valence electrons. The largest absolute Gasteiger partial charge is 0.416 e. The minimum Gasteiger partial charge on any atom is -0.352 e. The summed E-state index contributed by atoms with van der Waals surface area (Å²) in [4.78, 5) is 27.9. The highest BCUT2D eigenvalue weighted by Gasteiger charge is 2.34. The molecule has 0 aliphatic rings. The van der Waals surface area contributed by atoms with E-state index in [1.807, 2.05) is 6.92 Å². The zero-order valence-electron chi connectivity index (χ0n) is 21.4. The topological polar surface area (TPSA) is 86.8 Å². The van der Waals surface area contributed by atoms with Gasteiger partial charge in [0, 0.05) is 12.6 Å². The van der Waals surface area contributed by atoms with Crippen molar-refractivity contribution in [2.45, 2.75) is 58.4 Å². The summed E-state index contributed by atoms with van der Waals surface area (Å²) in [6, 6.07) is 7.15. The lowest BCUT2D eigenvalue weighted by molar-refractivity contribution is -0.140. The Hall–Kier alpha value is -2.50. The molecule has 0 aliphatic carbocycles. The van der Waals surface area contributed by atoms with Crippen molar-refractivity contribution in [2.75, 3.05) is 17.1 Å². The van der Waals surface area contributed by atoms with E-state index in [0.29, 0.717) is 22.4 Å². The number of anilines is 1. The number of nitrogens with zero attached hydrogens (tertiary/aromatic N) is 2. The number of halogens is 5. The number of sulfonamides is 1. The lowest BCUT2D eigenvalue weighted by atomic mass is 10.1. The van der Waals surface area contributed by atoms with Crippen molar-refractivity contribution in [3.8, 4) is 0 Å². The Balaban J connectivity index is 2.52. The van der Waals surface area contributed by atoms with Gasteiger partial charge in [0.05, 0.1) is 27.6 Å². The number of nitrogens with one attached hydrogen (secondary N) is 1. The van der Waals surface area contributed by atoms with Crippen LogP contribution in [-0.2, 0) is 32.3 Å². The van der Waals surface area contributed by atoms with Gasteiger partial charge in [0.25, 0.3) is 0 Å². The third-order valence-corrected chi connectivity index (χ3v) is 7.74. The van der Waals surface area contributed by atoms with Gasteiger partial charge in [0.2, 0.25) is 21.8 Å². The summed E-state index contributed by atoms with van der Waals surface area (Å²) >= 11 is 12.1. The summed E-state index contributed by atoms with van der Waals surface area (Å²) in [6.45, 7) is 4.42. The number of alkyl halides is 3. The van der Waals surface area contributed by atoms with Crippen molar-refractivity contribution < 1.29 is 31.2 Å². The number of rotatable bonds is 11. The SMILES string of the molecule is CC[C@H](C(=O)N[C@@H](C)CC)N(Cc1ccc(Cl)c(Cl)c1)C(=O)CN(c1cccc(C(F)(F)F)c1)S(C)(=O)=O. The van der Waals surface area contributed by atoms with Gasteiger partial charge in [0.1, 0.15) is 12.6 Å². The highest BCUT2D eigenvalue weighted by molar-refractivity contribution is 7.92. The van der Waals surface area contributed by atoms with Gasteiger partial charge in [0.15, 0.2) is 0 Å². The first-order valence-corrected chi connectivity index (χ1v) is 14.4. The molecule has 0 fully saturated rings. The zero-order chi connectivity index (χ0) is 28.8. The van der Waals surface area contributed by atoms with Gasteiger partial charge < -0.3 is 10.2 Å². The first-order chi connectivity index (χ1) is 17.6. The van der Waals surface area contributed by atoms with Gasteiger partial charge in [-0.2, -0.15) is 13.2 Å². The number of carbonyl (C=O) groups excluding carboxylic acids is 2. The fourth-order valence-electron chi connectivity index (χ4n) is 3.65. The van der Waals surface area contributed by atoms with Crippen LogP contribution in [0.4, 0.5) is 18.9 Å². The minimum absolute atomic E-state index is 0.123. The normalized spacial score (nSPS) is 13.5. The molecule has 2 aromatic carbocycles. The first kappa shape index (κ1) is 31.7. The fraction of sp³-hybridized carbons (Fsp3) is 0.440. The van der Waals surface area contributed by atoms with Crippen LogP contribution in [0.3, 0.4) is 0 Å². The average Bonchev–Trinajstić information content (AvgIpc) is 2.83. The van der Waals surface area contributed by atoms with E-state index < -0.39 is 46.2 Å². The van der Waals surface area contributed by atoms with E-state index in [0.717, 1.165) is 18.4 Å². The highest BCUT2D eigenvalue weighted by atomic mass is 35.5. The molecular weight excluding hydrogens is 566 g/mol. The summed E-state index contributed by atoms with van der Waals surface area (Å²) in [5.41, 5.74) is -0.877. The molecule has 2 atom stereocenters. The predicted molar refractivity (Wildman–Crippen MR) is 143 cm³/mol. The van der Waals surface area contributed by atoms with Crippen LogP contribution in [0.2, 0.25) is 10.0 Å². The molecule has 38 heavy (non-hydrogen) atoms. The second kappa shape index (κ2) is 13.0. The molecule has 0 heterocycles. The second-order valence-electron chi connectivity index (χ2n) is 8.83. The standard InChI is InChI=1S/C25H30Cl2F3N3O4S/c1-5-16(3)31-24(35)22(6-2)32(14-17-10-11-20(26)21(27)12-17)23(34)15-33(38(4,36)37)19-9-7-8-18(13-19)25(28,29)30/h7-13,16,22H,5-6,14-15H2,1-4H3,(H,31,35)/t16-,22+/m0/s1. The van der Waals surface area contributed by atoms with E-state index >= 15 is 0 Å². The number of benzene rings is 2. The van der Waals surface area contributed by atoms with Crippen LogP contribution in [0.5, 0.6) is 0 Å². The van der Waals surface area contributed by atoms with Gasteiger partial charge in [-0.25, -0.2) is 8.42 Å². The molecule has 2 aromatic rings. The van der Waals surface area contributed by atoms with Crippen molar-refractivity contribution in [3.05, 3.63) is 63.6 Å². The molecule has 2 amide bonds. The van der Waals surface area contributed by atoms with Gasteiger partial charge >= 0.3 is 6.18 Å². The molecule has 2 rings (SSSR count). The number of amides is 2. The number of hydrogen-bond acceptors (Lipinski definition) is 4. The number of hydrogen-bond donors (Lipinski definition) is 1. The average molecular weight is 596 g/mol. The van der Waals surface area contributed by atoms with Crippen LogP contribution < -0.4 is 9.62 Å². The van der Waals surface area contributed by atoms with Crippen molar-refractivity contribution in [2.24, 2.45) is 0 Å². The van der Waals surface area contributed by atoms with Crippen LogP contribution in [-0.4, -0.2) is 50.0 Å². The maximum atomic E-state index is 13.6. The monoisotopic (exact) mass is 595 g/mol. The number of carbonyl (C=O) groups is 2. The summed E-state index contributed by atoms with van der Waals surface area (Å²) in [5, 5.41) is 3.32. The Labute approximate surface area is 230 Å². The summed E-state index contributed by atoms with van der Waals surface area (Å²) in [5.74, 6) is -1.23.